The Kier molecular flexibility index (Phi) is 4.87. The van der Waals surface area contributed by atoms with E-state index in [0.29, 0.717) is 22.5 Å². The quantitative estimate of drug-likeness (QED) is 0.856. The van der Waals surface area contributed by atoms with Gasteiger partial charge in [-0.1, -0.05) is 11.6 Å². The van der Waals surface area contributed by atoms with E-state index in [1.165, 1.54) is 25.7 Å². The highest BCUT2D eigenvalue weighted by Crippen LogP contribution is 2.31. The van der Waals surface area contributed by atoms with Crippen molar-refractivity contribution in [3.8, 4) is 0 Å². The summed E-state index contributed by atoms with van der Waals surface area (Å²) in [6.07, 6.45) is 4.89. The maximum Gasteiger partial charge on any atom is 0.253 e. The van der Waals surface area contributed by atoms with E-state index in [1.54, 1.807) is 6.07 Å². The van der Waals surface area contributed by atoms with Crippen molar-refractivity contribution in [2.24, 2.45) is 5.92 Å². The van der Waals surface area contributed by atoms with Crippen molar-refractivity contribution in [3.63, 3.8) is 0 Å². The molecule has 1 aromatic carbocycles. The number of nitrogens with zero attached hydrogens (tertiary/aromatic N) is 1. The molecule has 0 bridgehead atoms. The summed E-state index contributed by atoms with van der Waals surface area (Å²) in [5.41, 5.74) is 0.713. The molecule has 0 spiro atoms. The third-order valence-electron chi connectivity index (χ3n) is 4.23. The third-order valence-corrected chi connectivity index (χ3v) is 5.45. The van der Waals surface area contributed by atoms with Gasteiger partial charge in [0.15, 0.2) is 0 Å². The Balaban J connectivity index is 1.73. The lowest BCUT2D eigenvalue weighted by molar-refractivity contribution is 0.0733. The van der Waals surface area contributed by atoms with Gasteiger partial charge in [0.1, 0.15) is 0 Å². The van der Waals surface area contributed by atoms with Crippen LogP contribution in [0.15, 0.2) is 22.7 Å². The van der Waals surface area contributed by atoms with Gasteiger partial charge in [0.05, 0.1) is 5.02 Å². The highest BCUT2D eigenvalue weighted by molar-refractivity contribution is 9.10. The van der Waals surface area contributed by atoms with E-state index in [2.05, 4.69) is 21.2 Å². The second-order valence-corrected chi connectivity index (χ2v) is 7.34. The van der Waals surface area contributed by atoms with E-state index < -0.39 is 0 Å². The first kappa shape index (κ1) is 15.3. The van der Waals surface area contributed by atoms with Gasteiger partial charge in [-0.2, -0.15) is 0 Å². The molecule has 1 heterocycles. The first-order chi connectivity index (χ1) is 10.1. The second-order valence-electron chi connectivity index (χ2n) is 6.08. The summed E-state index contributed by atoms with van der Waals surface area (Å²) >= 11 is 9.41. The van der Waals surface area contributed by atoms with Crippen LogP contribution in [0, 0.1) is 5.92 Å². The predicted molar refractivity (Wildman–Crippen MR) is 88.8 cm³/mol. The zero-order valence-electron chi connectivity index (χ0n) is 11.9. The van der Waals surface area contributed by atoms with E-state index in [0.717, 1.165) is 24.1 Å². The van der Waals surface area contributed by atoms with Crippen molar-refractivity contribution in [2.45, 2.75) is 31.7 Å². The molecule has 1 amide bonds. The summed E-state index contributed by atoms with van der Waals surface area (Å²) in [5, 5.41) is 4.12. The van der Waals surface area contributed by atoms with Crippen molar-refractivity contribution in [3.05, 3.63) is 33.3 Å². The first-order valence-corrected chi connectivity index (χ1v) is 8.78. The molecule has 0 aromatic heterocycles. The fourth-order valence-electron chi connectivity index (χ4n) is 2.84. The van der Waals surface area contributed by atoms with Gasteiger partial charge in [-0.15, -0.1) is 0 Å². The Morgan fingerprint density at radius 1 is 1.33 bits per heavy atom. The van der Waals surface area contributed by atoms with E-state index >= 15 is 0 Å². The molecular formula is C16H20BrClN2O. The fourth-order valence-corrected chi connectivity index (χ4v) is 3.34. The van der Waals surface area contributed by atoms with Gasteiger partial charge in [0.25, 0.3) is 5.91 Å². The van der Waals surface area contributed by atoms with Gasteiger partial charge in [0.2, 0.25) is 0 Å². The maximum atomic E-state index is 12.8. The summed E-state index contributed by atoms with van der Waals surface area (Å²) in [4.78, 5) is 14.8. The van der Waals surface area contributed by atoms with Crippen LogP contribution in [-0.4, -0.2) is 36.5 Å². The number of carbonyl (C=O) groups excluding carboxylic acids is 1. The molecule has 114 valence electrons. The maximum absolute atomic E-state index is 12.8. The molecule has 1 atom stereocenters. The van der Waals surface area contributed by atoms with Crippen molar-refractivity contribution < 1.29 is 4.79 Å². The van der Waals surface area contributed by atoms with Crippen LogP contribution in [0.1, 0.15) is 36.0 Å². The van der Waals surface area contributed by atoms with Crippen LogP contribution in [0.3, 0.4) is 0 Å². The average Bonchev–Trinajstić information content (AvgIpc) is 3.14. The standard InChI is InChI=1S/C16H20BrClN2O/c17-14-8-12(5-6-15(14)18)16(21)20(9-11-3-4-11)10-13-2-1-7-19-13/h5-6,8,11,13,19H,1-4,7,9-10H2. The zero-order valence-corrected chi connectivity index (χ0v) is 14.3. The summed E-state index contributed by atoms with van der Waals surface area (Å²) in [6, 6.07) is 5.87. The normalized spacial score (nSPS) is 21.5. The number of hydrogen-bond donors (Lipinski definition) is 1. The van der Waals surface area contributed by atoms with E-state index in [-0.39, 0.29) is 5.91 Å². The van der Waals surface area contributed by atoms with E-state index in [1.807, 2.05) is 17.0 Å². The lowest BCUT2D eigenvalue weighted by Gasteiger charge is -2.26. The highest BCUT2D eigenvalue weighted by atomic mass is 79.9. The zero-order chi connectivity index (χ0) is 14.8. The van der Waals surface area contributed by atoms with Gasteiger partial charge in [-0.25, -0.2) is 0 Å². The number of amides is 1. The molecule has 3 nitrogen and oxygen atoms in total. The third kappa shape index (κ3) is 3.99. The van der Waals surface area contributed by atoms with Crippen LogP contribution >= 0.6 is 27.5 Å². The number of carbonyl (C=O) groups is 1. The van der Waals surface area contributed by atoms with Gasteiger partial charge < -0.3 is 10.2 Å². The molecule has 1 unspecified atom stereocenters. The molecular weight excluding hydrogens is 352 g/mol. The Bertz CT molecular complexity index is 527. The number of benzene rings is 1. The summed E-state index contributed by atoms with van der Waals surface area (Å²) in [7, 11) is 0. The van der Waals surface area contributed by atoms with E-state index in [9.17, 15) is 4.79 Å². The second kappa shape index (κ2) is 6.67. The van der Waals surface area contributed by atoms with Gasteiger partial charge >= 0.3 is 0 Å². The Hall–Kier alpha value is -0.580. The Labute approximate surface area is 139 Å². The topological polar surface area (TPSA) is 32.3 Å². The molecule has 1 saturated heterocycles. The molecule has 5 heteroatoms. The number of rotatable bonds is 5. The first-order valence-electron chi connectivity index (χ1n) is 7.61. The van der Waals surface area contributed by atoms with Gasteiger partial charge in [-0.05, 0) is 72.3 Å². The van der Waals surface area contributed by atoms with Crippen LogP contribution < -0.4 is 5.32 Å². The minimum absolute atomic E-state index is 0.118. The van der Waals surface area contributed by atoms with Crippen molar-refractivity contribution in [1.82, 2.24) is 10.2 Å². The molecule has 21 heavy (non-hydrogen) atoms. The number of nitrogens with one attached hydrogen (secondary N) is 1. The van der Waals surface area contributed by atoms with Crippen molar-refractivity contribution in [1.29, 1.82) is 0 Å². The fraction of sp³-hybridized carbons (Fsp3) is 0.562. The molecule has 1 aliphatic heterocycles. The monoisotopic (exact) mass is 370 g/mol. The Morgan fingerprint density at radius 3 is 2.76 bits per heavy atom. The van der Waals surface area contributed by atoms with Crippen molar-refractivity contribution >= 4 is 33.4 Å². The largest absolute Gasteiger partial charge is 0.337 e. The van der Waals surface area contributed by atoms with Crippen molar-refractivity contribution in [2.75, 3.05) is 19.6 Å². The van der Waals surface area contributed by atoms with E-state index in [4.69, 9.17) is 11.6 Å². The minimum Gasteiger partial charge on any atom is -0.337 e. The SMILES string of the molecule is O=C(c1ccc(Cl)c(Br)c1)N(CC1CC1)CC1CCCN1. The van der Waals surface area contributed by atoms with Gasteiger partial charge in [-0.3, -0.25) is 4.79 Å². The summed E-state index contributed by atoms with van der Waals surface area (Å²) in [6.45, 7) is 2.77. The minimum atomic E-state index is 0.118. The van der Waals surface area contributed by atoms with Crippen LogP contribution in [-0.2, 0) is 0 Å². The van der Waals surface area contributed by atoms with Crippen LogP contribution in [0.4, 0.5) is 0 Å². The average molecular weight is 372 g/mol. The molecule has 2 fully saturated rings. The summed E-state index contributed by atoms with van der Waals surface area (Å²) < 4.78 is 0.778. The van der Waals surface area contributed by atoms with Crippen LogP contribution in [0.25, 0.3) is 0 Å². The molecule has 1 saturated carbocycles. The number of hydrogen-bond acceptors (Lipinski definition) is 2. The number of halogens is 2. The molecule has 1 aromatic rings. The van der Waals surface area contributed by atoms with Crippen LogP contribution in [0.5, 0.6) is 0 Å². The van der Waals surface area contributed by atoms with Gasteiger partial charge in [0, 0.05) is 29.2 Å². The predicted octanol–water partition coefficient (Wildman–Crippen LogP) is 3.71. The molecule has 2 aliphatic rings. The smallest absolute Gasteiger partial charge is 0.253 e. The molecule has 1 aliphatic carbocycles. The summed E-state index contributed by atoms with van der Waals surface area (Å²) in [5.74, 6) is 0.819. The molecule has 1 N–H and O–H groups in total. The Morgan fingerprint density at radius 2 is 2.14 bits per heavy atom. The molecule has 0 radical (unpaired) electrons. The lowest BCUT2D eigenvalue weighted by atomic mass is 10.1. The molecule has 3 rings (SSSR count). The lowest BCUT2D eigenvalue weighted by Crippen LogP contribution is -2.42. The highest BCUT2D eigenvalue weighted by Gasteiger charge is 2.29. The van der Waals surface area contributed by atoms with Crippen LogP contribution in [0.2, 0.25) is 5.02 Å².